The Bertz CT molecular complexity index is 357. The third-order valence-electron chi connectivity index (χ3n) is 1.56. The second-order valence-corrected chi connectivity index (χ2v) is 3.08. The lowest BCUT2D eigenvalue weighted by Crippen LogP contribution is -2.10. The molecule has 3 N–H and O–H groups in total. The summed E-state index contributed by atoms with van der Waals surface area (Å²) in [6.45, 7) is 0. The Kier molecular flexibility index (Phi) is 3.64. The quantitative estimate of drug-likeness (QED) is 0.638. The van der Waals surface area contributed by atoms with Crippen LogP contribution < -0.4 is 11.3 Å². The molecule has 1 rings (SSSR count). The van der Waals surface area contributed by atoms with Gasteiger partial charge >= 0.3 is 0 Å². The lowest BCUT2D eigenvalue weighted by molar-refractivity contribution is 1.23. The topological polar surface area (TPSA) is 58.9 Å². The van der Waals surface area contributed by atoms with Crippen molar-refractivity contribution in [3.8, 4) is 0 Å². The average Bonchev–Trinajstić information content (AvgIpc) is 2.12. The van der Waals surface area contributed by atoms with Crippen LogP contribution in [0.25, 0.3) is 6.08 Å². The normalized spacial score (nSPS) is 10.8. The van der Waals surface area contributed by atoms with Crippen LogP contribution in [0.3, 0.4) is 0 Å². The van der Waals surface area contributed by atoms with Gasteiger partial charge < -0.3 is 10.7 Å². The molecule has 0 saturated heterocycles. The Labute approximate surface area is 82.1 Å². The molecule has 4 heteroatoms. The predicted octanol–water partition coefficient (Wildman–Crippen LogP) is 1.29. The van der Waals surface area contributed by atoms with Crippen LogP contribution in [0.15, 0.2) is 23.1 Å². The van der Waals surface area contributed by atoms with E-state index in [1.165, 1.54) is 0 Å². The summed E-state index contributed by atoms with van der Waals surface area (Å²) in [6.07, 6.45) is 6.43. The Balaban J connectivity index is 2.79. The van der Waals surface area contributed by atoms with Gasteiger partial charge in [0.25, 0.3) is 5.56 Å². The highest BCUT2D eigenvalue weighted by molar-refractivity contribution is 7.80. The number of hydrogen-bond donors (Lipinski definition) is 3. The van der Waals surface area contributed by atoms with E-state index in [1.807, 2.05) is 12.2 Å². The number of nitrogen functional groups attached to an aromatic ring is 1. The van der Waals surface area contributed by atoms with Crippen LogP contribution in [0, 0.1) is 0 Å². The molecular weight excluding hydrogens is 184 g/mol. The first-order valence-corrected chi connectivity index (χ1v) is 4.63. The monoisotopic (exact) mass is 196 g/mol. The Hall–Kier alpha value is -1.16. The first-order valence-electron chi connectivity index (χ1n) is 3.99. The molecule has 0 radical (unpaired) electrons. The van der Waals surface area contributed by atoms with Gasteiger partial charge in [0.05, 0.1) is 5.69 Å². The highest BCUT2D eigenvalue weighted by atomic mass is 32.1. The molecule has 0 bridgehead atoms. The van der Waals surface area contributed by atoms with Crippen LogP contribution in [0.2, 0.25) is 0 Å². The summed E-state index contributed by atoms with van der Waals surface area (Å²) in [5.41, 5.74) is 6.33. The summed E-state index contributed by atoms with van der Waals surface area (Å²) < 4.78 is 0. The molecule has 70 valence electrons. The van der Waals surface area contributed by atoms with E-state index in [0.717, 1.165) is 17.7 Å². The molecule has 0 atom stereocenters. The number of aromatic nitrogens is 1. The maximum atomic E-state index is 10.9. The summed E-state index contributed by atoms with van der Waals surface area (Å²) in [5.74, 6) is 0.815. The summed E-state index contributed by atoms with van der Waals surface area (Å²) in [5, 5.41) is 0. The van der Waals surface area contributed by atoms with Gasteiger partial charge in [-0.2, -0.15) is 12.6 Å². The molecule has 3 nitrogen and oxygen atoms in total. The fraction of sp³-hybridized carbons (Fsp3) is 0.222. The number of thiol groups is 1. The van der Waals surface area contributed by atoms with Crippen molar-refractivity contribution in [2.24, 2.45) is 0 Å². The SMILES string of the molecule is Nc1cc(C=CCCS)c[nH]c1=O. The van der Waals surface area contributed by atoms with Crippen molar-refractivity contribution >= 4 is 24.4 Å². The predicted molar refractivity (Wildman–Crippen MR) is 59.0 cm³/mol. The van der Waals surface area contributed by atoms with E-state index in [2.05, 4.69) is 17.6 Å². The second-order valence-electron chi connectivity index (χ2n) is 2.63. The Morgan fingerprint density at radius 2 is 2.38 bits per heavy atom. The zero-order valence-electron chi connectivity index (χ0n) is 7.16. The van der Waals surface area contributed by atoms with Gasteiger partial charge in [0, 0.05) is 6.20 Å². The van der Waals surface area contributed by atoms with Crippen LogP contribution in [0.4, 0.5) is 5.69 Å². The molecule has 0 aromatic carbocycles. The number of rotatable bonds is 3. The summed E-state index contributed by atoms with van der Waals surface area (Å²) in [4.78, 5) is 13.4. The highest BCUT2D eigenvalue weighted by Gasteiger charge is 1.92. The van der Waals surface area contributed by atoms with Crippen molar-refractivity contribution in [3.05, 3.63) is 34.3 Å². The van der Waals surface area contributed by atoms with Crippen LogP contribution in [-0.4, -0.2) is 10.7 Å². The number of aromatic amines is 1. The lowest BCUT2D eigenvalue weighted by atomic mass is 10.2. The maximum Gasteiger partial charge on any atom is 0.271 e. The minimum Gasteiger partial charge on any atom is -0.394 e. The standard InChI is InChI=1S/C9H12N2OS/c10-8-5-7(3-1-2-4-13)6-11-9(8)12/h1,3,5-6,13H,2,4,10H2,(H,11,12). The number of H-pyrrole nitrogens is 1. The van der Waals surface area contributed by atoms with E-state index in [-0.39, 0.29) is 11.2 Å². The van der Waals surface area contributed by atoms with Gasteiger partial charge in [-0.3, -0.25) is 4.79 Å². The molecule has 1 aromatic heterocycles. The molecule has 13 heavy (non-hydrogen) atoms. The fourth-order valence-electron chi connectivity index (χ4n) is 0.909. The van der Waals surface area contributed by atoms with E-state index < -0.39 is 0 Å². The van der Waals surface area contributed by atoms with Gasteiger partial charge in [-0.1, -0.05) is 12.2 Å². The Morgan fingerprint density at radius 3 is 3.00 bits per heavy atom. The van der Waals surface area contributed by atoms with Crippen molar-refractivity contribution in [1.29, 1.82) is 0 Å². The van der Waals surface area contributed by atoms with Crippen molar-refractivity contribution < 1.29 is 0 Å². The first-order chi connectivity index (χ1) is 6.24. The molecule has 0 fully saturated rings. The van der Waals surface area contributed by atoms with Crippen LogP contribution >= 0.6 is 12.6 Å². The largest absolute Gasteiger partial charge is 0.394 e. The molecule has 0 aliphatic rings. The minimum atomic E-state index is -0.244. The number of hydrogen-bond acceptors (Lipinski definition) is 3. The molecule has 0 aliphatic carbocycles. The second kappa shape index (κ2) is 4.77. The van der Waals surface area contributed by atoms with E-state index in [4.69, 9.17) is 5.73 Å². The van der Waals surface area contributed by atoms with Gasteiger partial charge in [0.15, 0.2) is 0 Å². The van der Waals surface area contributed by atoms with Gasteiger partial charge in [0.1, 0.15) is 0 Å². The summed E-state index contributed by atoms with van der Waals surface area (Å²) >= 11 is 4.07. The Morgan fingerprint density at radius 1 is 1.62 bits per heavy atom. The average molecular weight is 196 g/mol. The third-order valence-corrected chi connectivity index (χ3v) is 1.82. The van der Waals surface area contributed by atoms with Gasteiger partial charge in [0.2, 0.25) is 0 Å². The van der Waals surface area contributed by atoms with Crippen molar-refractivity contribution in [1.82, 2.24) is 4.98 Å². The third kappa shape index (κ3) is 2.99. The maximum absolute atomic E-state index is 10.9. The highest BCUT2D eigenvalue weighted by Crippen LogP contribution is 2.02. The van der Waals surface area contributed by atoms with Crippen molar-refractivity contribution in [2.75, 3.05) is 11.5 Å². The molecule has 0 spiro atoms. The molecule has 0 aliphatic heterocycles. The molecule has 1 aromatic rings. The minimum absolute atomic E-state index is 0.244. The van der Waals surface area contributed by atoms with Crippen LogP contribution in [0.5, 0.6) is 0 Å². The van der Waals surface area contributed by atoms with E-state index in [0.29, 0.717) is 0 Å². The van der Waals surface area contributed by atoms with E-state index in [1.54, 1.807) is 12.3 Å². The summed E-state index contributed by atoms with van der Waals surface area (Å²) in [7, 11) is 0. The smallest absolute Gasteiger partial charge is 0.271 e. The van der Waals surface area contributed by atoms with E-state index in [9.17, 15) is 4.79 Å². The lowest BCUT2D eigenvalue weighted by Gasteiger charge is -1.94. The van der Waals surface area contributed by atoms with Gasteiger partial charge in [-0.05, 0) is 23.8 Å². The zero-order chi connectivity index (χ0) is 9.68. The fourth-order valence-corrected chi connectivity index (χ4v) is 1.06. The molecule has 0 unspecified atom stereocenters. The van der Waals surface area contributed by atoms with E-state index >= 15 is 0 Å². The number of allylic oxidation sites excluding steroid dienone is 1. The molecule has 1 heterocycles. The zero-order valence-corrected chi connectivity index (χ0v) is 8.05. The van der Waals surface area contributed by atoms with Crippen LogP contribution in [-0.2, 0) is 0 Å². The van der Waals surface area contributed by atoms with Crippen molar-refractivity contribution in [2.45, 2.75) is 6.42 Å². The first kappa shape index (κ1) is 9.92. The van der Waals surface area contributed by atoms with Crippen LogP contribution in [0.1, 0.15) is 12.0 Å². The van der Waals surface area contributed by atoms with Gasteiger partial charge in [-0.15, -0.1) is 0 Å². The van der Waals surface area contributed by atoms with Crippen molar-refractivity contribution in [3.63, 3.8) is 0 Å². The van der Waals surface area contributed by atoms with Gasteiger partial charge in [-0.25, -0.2) is 0 Å². The molecular formula is C9H12N2OS. The number of anilines is 1. The number of pyridine rings is 1. The molecule has 0 saturated carbocycles. The summed E-state index contributed by atoms with van der Waals surface area (Å²) in [6, 6.07) is 1.65. The molecule has 0 amide bonds. The number of nitrogens with one attached hydrogen (secondary N) is 1. The number of nitrogens with two attached hydrogens (primary N) is 1.